The fourth-order valence-corrected chi connectivity index (χ4v) is 3.41. The molecule has 0 aliphatic carbocycles. The maximum atomic E-state index is 13.2. The monoisotopic (exact) mass is 476 g/mol. The number of para-hydroxylation sites is 1. The lowest BCUT2D eigenvalue weighted by Crippen LogP contribution is -2.18. The second kappa shape index (κ2) is 8.61. The lowest BCUT2D eigenvalue weighted by molar-refractivity contribution is -0.385. The molecule has 32 heavy (non-hydrogen) atoms. The molecule has 168 valence electrons. The van der Waals surface area contributed by atoms with E-state index in [1.165, 1.54) is 24.3 Å². The number of carbonyl (C=O) groups excluding carboxylic acids is 1. The van der Waals surface area contributed by atoms with Crippen LogP contribution >= 0.6 is 11.8 Å². The third-order valence-corrected chi connectivity index (χ3v) is 4.95. The quantitative estimate of drug-likeness (QED) is 0.176. The molecule has 0 radical (unpaired) electrons. The molecule has 0 aliphatic rings. The number of rotatable bonds is 5. The third-order valence-electron chi connectivity index (χ3n) is 3.96. The van der Waals surface area contributed by atoms with Crippen molar-refractivity contribution < 1.29 is 36.1 Å². The molecule has 1 aromatic heterocycles. The Morgan fingerprint density at radius 3 is 2.34 bits per heavy atom. The van der Waals surface area contributed by atoms with Gasteiger partial charge < -0.3 is 5.32 Å². The van der Waals surface area contributed by atoms with Crippen LogP contribution in [0.15, 0.2) is 47.5 Å². The van der Waals surface area contributed by atoms with E-state index in [1.807, 2.05) is 5.32 Å². The lowest BCUT2D eigenvalue weighted by Gasteiger charge is -2.14. The number of halogens is 6. The van der Waals surface area contributed by atoms with Crippen molar-refractivity contribution in [1.82, 2.24) is 9.97 Å². The van der Waals surface area contributed by atoms with E-state index in [4.69, 9.17) is 0 Å². The Hall–Kier alpha value is -3.42. The molecule has 0 atom stereocenters. The van der Waals surface area contributed by atoms with Gasteiger partial charge in [0.25, 0.3) is 5.69 Å². The summed E-state index contributed by atoms with van der Waals surface area (Å²) in [5.41, 5.74) is -3.00. The summed E-state index contributed by atoms with van der Waals surface area (Å²) >= 11 is 0.576. The minimum Gasteiger partial charge on any atom is -0.325 e. The molecule has 0 saturated heterocycles. The van der Waals surface area contributed by atoms with E-state index >= 15 is 0 Å². The number of nitro benzene ring substituents is 1. The molecule has 1 heterocycles. The molecule has 2 aromatic carbocycles. The van der Waals surface area contributed by atoms with Gasteiger partial charge in [0.05, 0.1) is 27.4 Å². The van der Waals surface area contributed by atoms with Gasteiger partial charge in [-0.2, -0.15) is 26.3 Å². The minimum atomic E-state index is -4.99. The zero-order valence-electron chi connectivity index (χ0n) is 15.5. The van der Waals surface area contributed by atoms with Crippen LogP contribution in [0.1, 0.15) is 11.4 Å². The molecule has 0 bridgehead atoms. The van der Waals surface area contributed by atoms with Gasteiger partial charge in [-0.25, -0.2) is 9.97 Å². The van der Waals surface area contributed by atoms with Gasteiger partial charge >= 0.3 is 12.4 Å². The number of hydrogen-bond acceptors (Lipinski definition) is 6. The molecule has 7 nitrogen and oxygen atoms in total. The van der Waals surface area contributed by atoms with Crippen molar-refractivity contribution in [3.8, 4) is 0 Å². The van der Waals surface area contributed by atoms with Gasteiger partial charge in [0, 0.05) is 17.5 Å². The van der Waals surface area contributed by atoms with Crippen molar-refractivity contribution in [2.45, 2.75) is 17.4 Å². The van der Waals surface area contributed by atoms with Crippen LogP contribution < -0.4 is 5.32 Å². The van der Waals surface area contributed by atoms with Gasteiger partial charge in [-0.05, 0) is 12.1 Å². The second-order valence-corrected chi connectivity index (χ2v) is 7.15. The summed E-state index contributed by atoms with van der Waals surface area (Å²) in [6.07, 6.45) is -9.84. The SMILES string of the molecule is O=C(CSc1nc(C(F)(F)F)nc2ccccc12)Nc1ccc([N+](=O)[O-])cc1C(F)(F)F. The van der Waals surface area contributed by atoms with Crippen LogP contribution in [0.4, 0.5) is 37.7 Å². The summed E-state index contributed by atoms with van der Waals surface area (Å²) in [6, 6.07) is 7.53. The highest BCUT2D eigenvalue weighted by Gasteiger charge is 2.36. The van der Waals surface area contributed by atoms with Crippen molar-refractivity contribution in [2.24, 2.45) is 0 Å². The van der Waals surface area contributed by atoms with Gasteiger partial charge in [-0.15, -0.1) is 0 Å². The summed E-state index contributed by atoms with van der Waals surface area (Å²) in [6.45, 7) is 0. The van der Waals surface area contributed by atoms with Crippen molar-refractivity contribution in [3.05, 3.63) is 64.0 Å². The van der Waals surface area contributed by atoms with Crippen molar-refractivity contribution in [3.63, 3.8) is 0 Å². The largest absolute Gasteiger partial charge is 0.451 e. The highest BCUT2D eigenvalue weighted by molar-refractivity contribution is 8.00. The van der Waals surface area contributed by atoms with E-state index in [9.17, 15) is 41.3 Å². The van der Waals surface area contributed by atoms with Crippen LogP contribution in [-0.4, -0.2) is 26.6 Å². The van der Waals surface area contributed by atoms with Crippen molar-refractivity contribution in [1.29, 1.82) is 0 Å². The Bertz CT molecular complexity index is 1200. The Morgan fingerprint density at radius 1 is 1.03 bits per heavy atom. The first-order valence-corrected chi connectivity index (χ1v) is 9.47. The predicted molar refractivity (Wildman–Crippen MR) is 102 cm³/mol. The van der Waals surface area contributed by atoms with E-state index in [-0.39, 0.29) is 22.0 Å². The van der Waals surface area contributed by atoms with Gasteiger partial charge in [0.2, 0.25) is 11.7 Å². The van der Waals surface area contributed by atoms with Crippen molar-refractivity contribution >= 4 is 39.9 Å². The smallest absolute Gasteiger partial charge is 0.325 e. The van der Waals surface area contributed by atoms with Gasteiger partial charge in [-0.3, -0.25) is 14.9 Å². The number of aromatic nitrogens is 2. The third kappa shape index (κ3) is 5.25. The molecule has 0 aliphatic heterocycles. The normalized spacial score (nSPS) is 12.1. The minimum absolute atomic E-state index is 0.0209. The molecule has 3 aromatic rings. The molecule has 0 unspecified atom stereocenters. The van der Waals surface area contributed by atoms with Gasteiger partial charge in [0.1, 0.15) is 5.03 Å². The Balaban J connectivity index is 1.84. The van der Waals surface area contributed by atoms with Crippen LogP contribution in [0.2, 0.25) is 0 Å². The van der Waals surface area contributed by atoms with E-state index in [2.05, 4.69) is 9.97 Å². The van der Waals surface area contributed by atoms with Crippen LogP contribution in [0.3, 0.4) is 0 Å². The van der Waals surface area contributed by atoms with Crippen LogP contribution in [0.25, 0.3) is 10.9 Å². The van der Waals surface area contributed by atoms with Crippen molar-refractivity contribution in [2.75, 3.05) is 11.1 Å². The summed E-state index contributed by atoms with van der Waals surface area (Å²) in [5.74, 6) is -2.98. The number of hydrogen-bond donors (Lipinski definition) is 1. The molecule has 1 N–H and O–H groups in total. The fourth-order valence-electron chi connectivity index (χ4n) is 2.59. The van der Waals surface area contributed by atoms with Gasteiger partial charge in [0.15, 0.2) is 0 Å². The van der Waals surface area contributed by atoms with E-state index in [0.717, 1.165) is 12.1 Å². The predicted octanol–water partition coefficient (Wildman–Crippen LogP) is 5.31. The maximum Gasteiger partial charge on any atom is 0.451 e. The Morgan fingerprint density at radius 2 is 1.72 bits per heavy atom. The second-order valence-electron chi connectivity index (χ2n) is 6.19. The summed E-state index contributed by atoms with van der Waals surface area (Å²) in [7, 11) is 0. The zero-order valence-corrected chi connectivity index (χ0v) is 16.3. The number of non-ortho nitro benzene ring substituents is 1. The number of alkyl halides is 6. The number of nitrogens with one attached hydrogen (secondary N) is 1. The first kappa shape index (κ1) is 23.2. The average Bonchev–Trinajstić information content (AvgIpc) is 2.70. The fraction of sp³-hybridized carbons (Fsp3) is 0.167. The molecule has 0 saturated carbocycles. The summed E-state index contributed by atoms with van der Waals surface area (Å²) < 4.78 is 78.8. The van der Waals surface area contributed by atoms with Crippen LogP contribution in [0.5, 0.6) is 0 Å². The van der Waals surface area contributed by atoms with E-state index < -0.39 is 51.7 Å². The number of nitrogens with zero attached hydrogens (tertiary/aromatic N) is 3. The first-order valence-electron chi connectivity index (χ1n) is 8.48. The lowest BCUT2D eigenvalue weighted by atomic mass is 10.1. The van der Waals surface area contributed by atoms with E-state index in [1.54, 1.807) is 0 Å². The molecule has 1 amide bonds. The van der Waals surface area contributed by atoms with Crippen LogP contribution in [-0.2, 0) is 17.1 Å². The summed E-state index contributed by atoms with van der Waals surface area (Å²) in [4.78, 5) is 28.8. The molecular formula is C18H10F6N4O3S. The number of nitro groups is 1. The Labute approximate surface area is 179 Å². The zero-order chi connectivity index (χ0) is 23.7. The highest BCUT2D eigenvalue weighted by Crippen LogP contribution is 2.37. The topological polar surface area (TPSA) is 98.0 Å². The molecular weight excluding hydrogens is 466 g/mol. The molecule has 3 rings (SSSR count). The highest BCUT2D eigenvalue weighted by atomic mass is 32.2. The average molecular weight is 476 g/mol. The molecule has 0 fully saturated rings. The molecule has 14 heteroatoms. The first-order chi connectivity index (χ1) is 14.9. The molecule has 0 spiro atoms. The number of anilines is 1. The number of benzene rings is 2. The standard InChI is InChI=1S/C18H10F6N4O3S/c19-17(20,21)11-7-9(28(30)31)5-6-13(11)25-14(29)8-32-15-10-3-1-2-4-12(10)26-16(27-15)18(22,23)24/h1-7H,8H2,(H,25,29). The van der Waals surface area contributed by atoms with Gasteiger partial charge in [-0.1, -0.05) is 30.0 Å². The number of carbonyl (C=O) groups is 1. The number of fused-ring (bicyclic) bond motifs is 1. The Kier molecular flexibility index (Phi) is 6.25. The number of amides is 1. The van der Waals surface area contributed by atoms with E-state index in [0.29, 0.717) is 11.8 Å². The number of thioether (sulfide) groups is 1. The van der Waals surface area contributed by atoms with Crippen LogP contribution in [0, 0.1) is 10.1 Å². The maximum absolute atomic E-state index is 13.2. The summed E-state index contributed by atoms with van der Waals surface area (Å²) in [5, 5.41) is 12.8.